The van der Waals surface area contributed by atoms with Crippen molar-refractivity contribution in [2.45, 2.75) is 13.0 Å². The summed E-state index contributed by atoms with van der Waals surface area (Å²) in [6.45, 7) is 3.37. The summed E-state index contributed by atoms with van der Waals surface area (Å²) < 4.78 is 5.26. The van der Waals surface area contributed by atoms with Gasteiger partial charge in [-0.1, -0.05) is 11.6 Å². The number of benzene rings is 1. The molecule has 20 heavy (non-hydrogen) atoms. The Bertz CT molecular complexity index is 535. The minimum atomic E-state index is -1.09. The maximum atomic E-state index is 12.1. The molecule has 1 saturated heterocycles. The van der Waals surface area contributed by atoms with Crippen LogP contribution in [0.3, 0.4) is 0 Å². The number of ether oxygens (including phenoxy) is 1. The molecule has 2 rings (SSSR count). The Hall–Kier alpha value is -1.79. The van der Waals surface area contributed by atoms with Gasteiger partial charge >= 0.3 is 12.0 Å². The summed E-state index contributed by atoms with van der Waals surface area (Å²) in [4.78, 5) is 24.7. The van der Waals surface area contributed by atoms with Crippen molar-refractivity contribution in [3.8, 4) is 0 Å². The van der Waals surface area contributed by atoms with Gasteiger partial charge in [-0.05, 0) is 25.1 Å². The Kier molecular flexibility index (Phi) is 4.46. The Morgan fingerprint density at radius 2 is 2.20 bits per heavy atom. The average Bonchev–Trinajstić information content (AvgIpc) is 2.38. The van der Waals surface area contributed by atoms with Crippen LogP contribution in [-0.4, -0.2) is 47.8 Å². The van der Waals surface area contributed by atoms with Gasteiger partial charge in [0, 0.05) is 17.3 Å². The largest absolute Gasteiger partial charge is 0.478 e. The second-order valence-electron chi connectivity index (χ2n) is 4.58. The van der Waals surface area contributed by atoms with Gasteiger partial charge in [-0.15, -0.1) is 0 Å². The molecule has 1 aromatic rings. The van der Waals surface area contributed by atoms with Crippen molar-refractivity contribution in [3.05, 3.63) is 28.8 Å². The summed E-state index contributed by atoms with van der Waals surface area (Å²) >= 11 is 5.84. The number of nitrogens with one attached hydrogen (secondary N) is 1. The number of carbonyl (C=O) groups is 2. The van der Waals surface area contributed by atoms with Crippen molar-refractivity contribution >= 4 is 29.3 Å². The molecule has 1 aromatic carbocycles. The third-order valence-corrected chi connectivity index (χ3v) is 3.24. The van der Waals surface area contributed by atoms with Crippen LogP contribution < -0.4 is 5.32 Å². The molecule has 1 unspecified atom stereocenters. The number of carboxylic acids is 1. The number of rotatable bonds is 2. The van der Waals surface area contributed by atoms with Gasteiger partial charge in [0.2, 0.25) is 0 Å². The van der Waals surface area contributed by atoms with Gasteiger partial charge in [0.25, 0.3) is 0 Å². The fourth-order valence-corrected chi connectivity index (χ4v) is 2.24. The Labute approximate surface area is 121 Å². The lowest BCUT2D eigenvalue weighted by Crippen LogP contribution is -2.48. The van der Waals surface area contributed by atoms with Crippen LogP contribution in [0.5, 0.6) is 0 Å². The van der Waals surface area contributed by atoms with Crippen LogP contribution >= 0.6 is 11.6 Å². The van der Waals surface area contributed by atoms with E-state index in [2.05, 4.69) is 5.32 Å². The summed E-state index contributed by atoms with van der Waals surface area (Å²) in [5, 5.41) is 11.9. The van der Waals surface area contributed by atoms with Gasteiger partial charge in [0.15, 0.2) is 0 Å². The van der Waals surface area contributed by atoms with Crippen molar-refractivity contribution in [1.29, 1.82) is 0 Å². The highest BCUT2D eigenvalue weighted by atomic mass is 35.5. The molecular formula is C13H15ClN2O4. The zero-order valence-electron chi connectivity index (χ0n) is 10.9. The lowest BCUT2D eigenvalue weighted by Gasteiger charge is -2.33. The van der Waals surface area contributed by atoms with Crippen molar-refractivity contribution < 1.29 is 19.4 Å². The molecule has 0 bridgehead atoms. The smallest absolute Gasteiger partial charge is 0.335 e. The van der Waals surface area contributed by atoms with Gasteiger partial charge in [0.05, 0.1) is 24.8 Å². The summed E-state index contributed by atoms with van der Waals surface area (Å²) in [6.07, 6.45) is 0. The van der Waals surface area contributed by atoms with Crippen molar-refractivity contribution in [2.24, 2.45) is 0 Å². The molecule has 0 radical (unpaired) electrons. The molecule has 108 valence electrons. The standard InChI is InChI=1S/C13H15ClN2O4/c1-8-7-20-3-2-16(8)13(19)15-11-5-9(12(17)18)4-10(14)6-11/h4-6,8H,2-3,7H2,1H3,(H,15,19)(H,17,18). The number of carbonyl (C=O) groups excluding carboxylic acids is 1. The number of anilines is 1. The minimum Gasteiger partial charge on any atom is -0.478 e. The number of amides is 2. The summed E-state index contributed by atoms with van der Waals surface area (Å²) in [5.41, 5.74) is 0.390. The summed E-state index contributed by atoms with van der Waals surface area (Å²) in [5.74, 6) is -1.09. The number of halogens is 1. The zero-order chi connectivity index (χ0) is 14.7. The lowest BCUT2D eigenvalue weighted by molar-refractivity contribution is 0.0221. The van der Waals surface area contributed by atoms with Crippen molar-refractivity contribution in [1.82, 2.24) is 4.90 Å². The molecule has 2 amide bonds. The SMILES string of the molecule is CC1COCCN1C(=O)Nc1cc(Cl)cc(C(=O)O)c1. The second-order valence-corrected chi connectivity index (χ2v) is 5.02. The maximum absolute atomic E-state index is 12.1. The fourth-order valence-electron chi connectivity index (χ4n) is 2.01. The number of hydrogen-bond acceptors (Lipinski definition) is 3. The third-order valence-electron chi connectivity index (χ3n) is 3.02. The topological polar surface area (TPSA) is 78.9 Å². The molecule has 1 atom stereocenters. The molecule has 6 nitrogen and oxygen atoms in total. The Morgan fingerprint density at radius 3 is 2.85 bits per heavy atom. The van der Waals surface area contributed by atoms with E-state index in [0.29, 0.717) is 25.4 Å². The number of morpholine rings is 1. The van der Waals surface area contributed by atoms with Crippen LogP contribution in [0.1, 0.15) is 17.3 Å². The number of nitrogens with zero attached hydrogens (tertiary/aromatic N) is 1. The van der Waals surface area contributed by atoms with Gasteiger partial charge in [-0.25, -0.2) is 9.59 Å². The number of carboxylic acid groups (broad SMARTS) is 1. The maximum Gasteiger partial charge on any atom is 0.335 e. The van der Waals surface area contributed by atoms with Crippen molar-refractivity contribution in [2.75, 3.05) is 25.1 Å². The predicted octanol–water partition coefficient (Wildman–Crippen LogP) is 2.29. The first-order chi connectivity index (χ1) is 9.47. The van der Waals surface area contributed by atoms with E-state index < -0.39 is 5.97 Å². The van der Waals surface area contributed by atoms with E-state index in [1.54, 1.807) is 4.90 Å². The van der Waals surface area contributed by atoms with Crippen LogP contribution in [0.2, 0.25) is 5.02 Å². The van der Waals surface area contributed by atoms with E-state index in [9.17, 15) is 9.59 Å². The van der Waals surface area contributed by atoms with Gasteiger partial charge in [0.1, 0.15) is 0 Å². The fraction of sp³-hybridized carbons (Fsp3) is 0.385. The van der Waals surface area contributed by atoms with E-state index in [-0.39, 0.29) is 22.7 Å². The van der Waals surface area contributed by atoms with Gasteiger partial charge in [-0.3, -0.25) is 0 Å². The number of aromatic carboxylic acids is 1. The first kappa shape index (κ1) is 14.6. The monoisotopic (exact) mass is 298 g/mol. The highest BCUT2D eigenvalue weighted by Crippen LogP contribution is 2.20. The molecule has 0 aromatic heterocycles. The second kappa shape index (κ2) is 6.11. The van der Waals surface area contributed by atoms with Crippen LogP contribution in [0, 0.1) is 0 Å². The molecule has 1 fully saturated rings. The Morgan fingerprint density at radius 1 is 1.45 bits per heavy atom. The van der Waals surface area contributed by atoms with Crippen LogP contribution in [0.25, 0.3) is 0 Å². The number of hydrogen-bond donors (Lipinski definition) is 2. The van der Waals surface area contributed by atoms with Crippen LogP contribution in [-0.2, 0) is 4.74 Å². The molecule has 0 spiro atoms. The summed E-state index contributed by atoms with van der Waals surface area (Å²) in [7, 11) is 0. The van der Waals surface area contributed by atoms with Gasteiger partial charge < -0.3 is 20.1 Å². The highest BCUT2D eigenvalue weighted by Gasteiger charge is 2.23. The molecule has 1 heterocycles. The first-order valence-electron chi connectivity index (χ1n) is 6.16. The highest BCUT2D eigenvalue weighted by molar-refractivity contribution is 6.31. The third kappa shape index (κ3) is 3.40. The molecule has 0 saturated carbocycles. The molecule has 1 aliphatic heterocycles. The lowest BCUT2D eigenvalue weighted by atomic mass is 10.2. The Balaban J connectivity index is 2.13. The average molecular weight is 299 g/mol. The van der Waals surface area contributed by atoms with E-state index in [1.807, 2.05) is 6.92 Å². The van der Waals surface area contributed by atoms with E-state index in [1.165, 1.54) is 18.2 Å². The quantitative estimate of drug-likeness (QED) is 0.878. The van der Waals surface area contributed by atoms with E-state index >= 15 is 0 Å². The zero-order valence-corrected chi connectivity index (χ0v) is 11.7. The van der Waals surface area contributed by atoms with E-state index in [4.69, 9.17) is 21.4 Å². The predicted molar refractivity (Wildman–Crippen MR) is 74.4 cm³/mol. The van der Waals surface area contributed by atoms with Crippen LogP contribution in [0.15, 0.2) is 18.2 Å². The molecule has 1 aliphatic rings. The molecule has 7 heteroatoms. The molecular weight excluding hydrogens is 284 g/mol. The van der Waals surface area contributed by atoms with Crippen LogP contribution in [0.4, 0.5) is 10.5 Å². The number of urea groups is 1. The molecule has 2 N–H and O–H groups in total. The van der Waals surface area contributed by atoms with Gasteiger partial charge in [-0.2, -0.15) is 0 Å². The first-order valence-corrected chi connectivity index (χ1v) is 6.54. The normalized spacial score (nSPS) is 18.7. The minimum absolute atomic E-state index is 0.0260. The molecule has 0 aliphatic carbocycles. The summed E-state index contributed by atoms with van der Waals surface area (Å²) in [6, 6.07) is 3.90. The van der Waals surface area contributed by atoms with Crippen molar-refractivity contribution in [3.63, 3.8) is 0 Å². The van der Waals surface area contributed by atoms with E-state index in [0.717, 1.165) is 0 Å².